The van der Waals surface area contributed by atoms with Crippen LogP contribution in [-0.2, 0) is 10.7 Å². The summed E-state index contributed by atoms with van der Waals surface area (Å²) in [7, 11) is 0. The SMILES string of the molecule is FC(F)(F)COCCNCC(F)(F)c1ccccc1. The van der Waals surface area contributed by atoms with Crippen LogP contribution in [0.1, 0.15) is 5.56 Å². The number of nitrogens with one attached hydrogen (secondary N) is 1. The third-order valence-corrected chi connectivity index (χ3v) is 2.23. The van der Waals surface area contributed by atoms with Gasteiger partial charge in [-0.05, 0) is 0 Å². The molecule has 1 N–H and O–H groups in total. The second kappa shape index (κ2) is 6.81. The Morgan fingerprint density at radius 1 is 1.00 bits per heavy atom. The number of benzene rings is 1. The van der Waals surface area contributed by atoms with Crippen LogP contribution >= 0.6 is 0 Å². The van der Waals surface area contributed by atoms with Crippen molar-refractivity contribution in [2.24, 2.45) is 0 Å². The van der Waals surface area contributed by atoms with Crippen molar-refractivity contribution in [3.63, 3.8) is 0 Å². The normalized spacial score (nSPS) is 12.7. The lowest BCUT2D eigenvalue weighted by atomic mass is 10.1. The summed E-state index contributed by atoms with van der Waals surface area (Å²) in [4.78, 5) is 0. The highest BCUT2D eigenvalue weighted by molar-refractivity contribution is 5.20. The number of alkyl halides is 5. The first-order valence-electron chi connectivity index (χ1n) is 5.60. The van der Waals surface area contributed by atoms with E-state index in [0.717, 1.165) is 0 Å². The van der Waals surface area contributed by atoms with Crippen molar-refractivity contribution in [1.82, 2.24) is 5.32 Å². The highest BCUT2D eigenvalue weighted by atomic mass is 19.4. The lowest BCUT2D eigenvalue weighted by Crippen LogP contribution is -2.33. The van der Waals surface area contributed by atoms with E-state index < -0.39 is 25.3 Å². The molecule has 0 unspecified atom stereocenters. The molecule has 0 radical (unpaired) electrons. The minimum absolute atomic E-state index is 0.0709. The molecule has 0 saturated heterocycles. The topological polar surface area (TPSA) is 21.3 Å². The minimum atomic E-state index is -4.39. The first kappa shape index (κ1) is 15.8. The molecule has 0 atom stereocenters. The van der Waals surface area contributed by atoms with Crippen molar-refractivity contribution in [1.29, 1.82) is 0 Å². The molecule has 0 saturated carbocycles. The van der Waals surface area contributed by atoms with E-state index in [0.29, 0.717) is 0 Å². The predicted molar refractivity (Wildman–Crippen MR) is 60.1 cm³/mol. The number of ether oxygens (including phenoxy) is 1. The van der Waals surface area contributed by atoms with Gasteiger partial charge in [-0.15, -0.1) is 0 Å². The molecule has 0 amide bonds. The molecule has 0 heterocycles. The second-order valence-electron chi connectivity index (χ2n) is 3.92. The predicted octanol–water partition coefficient (Wildman–Crippen LogP) is 2.95. The number of rotatable bonds is 7. The van der Waals surface area contributed by atoms with E-state index in [4.69, 9.17) is 0 Å². The fourth-order valence-corrected chi connectivity index (χ4v) is 1.36. The standard InChI is InChI=1S/C12H14F5NO/c13-11(14,10-4-2-1-3-5-10)8-18-6-7-19-9-12(15,16)17/h1-5,18H,6-9H2. The fourth-order valence-electron chi connectivity index (χ4n) is 1.36. The summed E-state index contributed by atoms with van der Waals surface area (Å²) in [6.45, 7) is -2.36. The number of hydrogen-bond acceptors (Lipinski definition) is 2. The van der Waals surface area contributed by atoms with Gasteiger partial charge < -0.3 is 10.1 Å². The van der Waals surface area contributed by atoms with E-state index in [1.807, 2.05) is 0 Å². The van der Waals surface area contributed by atoms with Crippen LogP contribution in [0.15, 0.2) is 30.3 Å². The molecule has 1 aromatic rings. The molecule has 19 heavy (non-hydrogen) atoms. The molecule has 0 aliphatic carbocycles. The third-order valence-electron chi connectivity index (χ3n) is 2.23. The minimum Gasteiger partial charge on any atom is -0.371 e. The fraction of sp³-hybridized carbons (Fsp3) is 0.500. The maximum atomic E-state index is 13.6. The molecule has 0 aliphatic rings. The van der Waals surface area contributed by atoms with Gasteiger partial charge in [0.25, 0.3) is 5.92 Å². The Balaban J connectivity index is 2.22. The van der Waals surface area contributed by atoms with Crippen LogP contribution in [0, 0.1) is 0 Å². The van der Waals surface area contributed by atoms with Crippen molar-refractivity contribution in [2.45, 2.75) is 12.1 Å². The van der Waals surface area contributed by atoms with Crippen LogP contribution in [0.2, 0.25) is 0 Å². The van der Waals surface area contributed by atoms with E-state index in [2.05, 4.69) is 10.1 Å². The Hall–Kier alpha value is -1.21. The largest absolute Gasteiger partial charge is 0.411 e. The Bertz CT molecular complexity index is 366. The van der Waals surface area contributed by atoms with Gasteiger partial charge in [0.15, 0.2) is 0 Å². The van der Waals surface area contributed by atoms with Crippen LogP contribution in [0.4, 0.5) is 22.0 Å². The summed E-state index contributed by atoms with van der Waals surface area (Å²) < 4.78 is 66.6. The van der Waals surface area contributed by atoms with E-state index in [1.54, 1.807) is 6.07 Å². The molecule has 0 aromatic heterocycles. The molecule has 0 bridgehead atoms. The van der Waals surface area contributed by atoms with E-state index in [-0.39, 0.29) is 18.7 Å². The van der Waals surface area contributed by atoms with Crippen molar-refractivity contribution >= 4 is 0 Å². The zero-order valence-corrected chi connectivity index (χ0v) is 10.0. The molecular weight excluding hydrogens is 269 g/mol. The van der Waals surface area contributed by atoms with Crippen molar-refractivity contribution in [2.75, 3.05) is 26.3 Å². The summed E-state index contributed by atoms with van der Waals surface area (Å²) in [6.07, 6.45) is -4.39. The van der Waals surface area contributed by atoms with Gasteiger partial charge in [0.2, 0.25) is 0 Å². The maximum absolute atomic E-state index is 13.6. The van der Waals surface area contributed by atoms with Gasteiger partial charge in [-0.25, -0.2) is 0 Å². The molecule has 1 aromatic carbocycles. The second-order valence-corrected chi connectivity index (χ2v) is 3.92. The van der Waals surface area contributed by atoms with Gasteiger partial charge in [0.05, 0.1) is 13.2 Å². The van der Waals surface area contributed by atoms with Crippen molar-refractivity contribution in [3.8, 4) is 0 Å². The number of hydrogen-bond donors (Lipinski definition) is 1. The lowest BCUT2D eigenvalue weighted by molar-refractivity contribution is -0.173. The van der Waals surface area contributed by atoms with Gasteiger partial charge in [0.1, 0.15) is 6.61 Å². The third kappa shape index (κ3) is 6.49. The molecule has 2 nitrogen and oxygen atoms in total. The van der Waals surface area contributed by atoms with Crippen LogP contribution in [0.5, 0.6) is 0 Å². The van der Waals surface area contributed by atoms with Crippen molar-refractivity contribution in [3.05, 3.63) is 35.9 Å². The van der Waals surface area contributed by atoms with Crippen LogP contribution in [0.25, 0.3) is 0 Å². The molecule has 7 heteroatoms. The maximum Gasteiger partial charge on any atom is 0.411 e. The van der Waals surface area contributed by atoms with E-state index in [1.165, 1.54) is 24.3 Å². The van der Waals surface area contributed by atoms with Crippen molar-refractivity contribution < 1.29 is 26.7 Å². The van der Waals surface area contributed by atoms with Gasteiger partial charge in [-0.2, -0.15) is 22.0 Å². The van der Waals surface area contributed by atoms with E-state index in [9.17, 15) is 22.0 Å². The summed E-state index contributed by atoms with van der Waals surface area (Å²) in [5, 5.41) is 2.37. The summed E-state index contributed by atoms with van der Waals surface area (Å²) in [6, 6.07) is 7.20. The first-order valence-corrected chi connectivity index (χ1v) is 5.60. The molecule has 0 fully saturated rings. The van der Waals surface area contributed by atoms with E-state index >= 15 is 0 Å². The highest BCUT2D eigenvalue weighted by Crippen LogP contribution is 2.26. The zero-order chi connectivity index (χ0) is 14.4. The summed E-state index contributed by atoms with van der Waals surface area (Å²) in [5.41, 5.74) is -0.140. The Morgan fingerprint density at radius 2 is 1.63 bits per heavy atom. The number of halogens is 5. The quantitative estimate of drug-likeness (QED) is 0.613. The average Bonchev–Trinajstić information content (AvgIpc) is 2.33. The Kier molecular flexibility index (Phi) is 5.68. The summed E-state index contributed by atoms with van der Waals surface area (Å²) >= 11 is 0. The van der Waals surface area contributed by atoms with Crippen LogP contribution in [0.3, 0.4) is 0 Å². The highest BCUT2D eigenvalue weighted by Gasteiger charge is 2.30. The molecular formula is C12H14F5NO. The Labute approximate surface area is 107 Å². The monoisotopic (exact) mass is 283 g/mol. The molecule has 0 aliphatic heterocycles. The Morgan fingerprint density at radius 3 is 2.21 bits per heavy atom. The van der Waals surface area contributed by atoms with Crippen LogP contribution in [-0.4, -0.2) is 32.5 Å². The van der Waals surface area contributed by atoms with Gasteiger partial charge in [-0.1, -0.05) is 30.3 Å². The first-order chi connectivity index (χ1) is 8.81. The molecule has 1 rings (SSSR count). The smallest absolute Gasteiger partial charge is 0.371 e. The van der Waals surface area contributed by atoms with Gasteiger partial charge >= 0.3 is 6.18 Å². The van der Waals surface area contributed by atoms with Gasteiger partial charge in [-0.3, -0.25) is 0 Å². The zero-order valence-electron chi connectivity index (χ0n) is 10.0. The molecule has 0 spiro atoms. The van der Waals surface area contributed by atoms with Crippen LogP contribution < -0.4 is 5.32 Å². The summed E-state index contributed by atoms with van der Waals surface area (Å²) in [5.74, 6) is -3.06. The van der Waals surface area contributed by atoms with Gasteiger partial charge in [0, 0.05) is 12.1 Å². The molecule has 108 valence electrons. The average molecular weight is 283 g/mol. The lowest BCUT2D eigenvalue weighted by Gasteiger charge is -2.17.